The van der Waals surface area contributed by atoms with Gasteiger partial charge in [0.25, 0.3) is 10.5 Å². The molecule has 0 aliphatic heterocycles. The third-order valence-electron chi connectivity index (χ3n) is 2.06. The van der Waals surface area contributed by atoms with E-state index in [-0.39, 0.29) is 44.1 Å². The summed E-state index contributed by atoms with van der Waals surface area (Å²) in [7, 11) is 6.00. The normalized spacial score (nSPS) is 9.71. The number of nitrogens with zero attached hydrogens (tertiary/aromatic N) is 1. The van der Waals surface area contributed by atoms with Gasteiger partial charge >= 0.3 is 29.6 Å². The molecule has 0 unspecified atom stereocenters. The number of ether oxygens (including phenoxy) is 4. The number of hydrogen-bond acceptors (Lipinski definition) is 6. The van der Waals surface area contributed by atoms with Crippen LogP contribution in [0, 0.1) is 0 Å². The second kappa shape index (κ2) is 16.8. The van der Waals surface area contributed by atoms with Crippen molar-refractivity contribution in [2.75, 3.05) is 41.5 Å². The summed E-state index contributed by atoms with van der Waals surface area (Å²) in [5, 5.41) is -1.03. The number of thiol groups is 2. The third kappa shape index (κ3) is 16.7. The average Bonchev–Trinajstić information content (AvgIpc) is 2.38. The Morgan fingerprint density at radius 1 is 1.00 bits per heavy atom. The zero-order valence-electron chi connectivity index (χ0n) is 13.9. The number of hydrogen-bond donors (Lipinski definition) is 3. The summed E-state index contributed by atoms with van der Waals surface area (Å²) in [6, 6.07) is 0. The van der Waals surface area contributed by atoms with Crippen LogP contribution in [0.3, 0.4) is 0 Å². The molecule has 0 aromatic carbocycles. The number of nitrogens with two attached hydrogens (primary N) is 1. The number of carbonyl (C=O) groups is 2. The number of methoxy groups -OCH3 is 4. The smallest absolute Gasteiger partial charge is 1.00 e. The van der Waals surface area contributed by atoms with Crippen molar-refractivity contribution in [1.29, 1.82) is 0 Å². The van der Waals surface area contributed by atoms with E-state index in [1.807, 2.05) is 0 Å². The van der Waals surface area contributed by atoms with Gasteiger partial charge in [0.2, 0.25) is 0 Å². The first-order valence-corrected chi connectivity index (χ1v) is 6.29. The maximum atomic E-state index is 11.2. The summed E-state index contributed by atoms with van der Waals surface area (Å²) in [4.78, 5) is 21.7. The quantitative estimate of drug-likeness (QED) is 0.257. The van der Waals surface area contributed by atoms with Gasteiger partial charge in [-0.3, -0.25) is 9.59 Å². The summed E-state index contributed by atoms with van der Waals surface area (Å²) in [5.41, 5.74) is 4.34. The molecule has 122 valence electrons. The monoisotopic (exact) mass is 354 g/mol. The van der Waals surface area contributed by atoms with Gasteiger partial charge in [-0.15, -0.1) is 0 Å². The minimum absolute atomic E-state index is 0. The van der Waals surface area contributed by atoms with E-state index in [2.05, 4.69) is 31.0 Å². The fourth-order valence-corrected chi connectivity index (χ4v) is 1.24. The van der Waals surface area contributed by atoms with Crippen LogP contribution in [0.5, 0.6) is 0 Å². The molecule has 0 bridgehead atoms. The molecular weight excluding hydrogens is 331 g/mol. The van der Waals surface area contributed by atoms with Crippen molar-refractivity contribution in [2.24, 2.45) is 5.73 Å². The van der Waals surface area contributed by atoms with Crippen molar-refractivity contribution in [1.82, 2.24) is 4.90 Å². The van der Waals surface area contributed by atoms with E-state index in [9.17, 15) is 4.79 Å². The average molecular weight is 354 g/mol. The van der Waals surface area contributed by atoms with Gasteiger partial charge in [0.05, 0.1) is 13.1 Å². The maximum Gasteiger partial charge on any atom is 1.00 e. The fourth-order valence-electron chi connectivity index (χ4n) is 1.08. The summed E-state index contributed by atoms with van der Waals surface area (Å²) in [6.07, 6.45) is -0.990. The van der Waals surface area contributed by atoms with Gasteiger partial charge in [0.15, 0.2) is 12.6 Å². The van der Waals surface area contributed by atoms with E-state index in [0.29, 0.717) is 0 Å². The molecule has 0 saturated carbocycles. The van der Waals surface area contributed by atoms with Crippen LogP contribution in [0.1, 0.15) is 1.43 Å². The summed E-state index contributed by atoms with van der Waals surface area (Å²) in [6.45, 7) is 0.525. The van der Waals surface area contributed by atoms with Crippen molar-refractivity contribution >= 4 is 35.7 Å². The largest absolute Gasteiger partial charge is 1.00 e. The molecule has 0 saturated heterocycles. The topological polar surface area (TPSA) is 100 Å². The number of primary amides is 1. The Bertz CT molecular complexity index is 268. The Kier molecular flexibility index (Phi) is 21.2. The van der Waals surface area contributed by atoms with E-state index < -0.39 is 23.1 Å². The molecule has 2 N–H and O–H groups in total. The van der Waals surface area contributed by atoms with Crippen LogP contribution in [0.15, 0.2) is 0 Å². The molecule has 21 heavy (non-hydrogen) atoms. The van der Waals surface area contributed by atoms with Gasteiger partial charge in [-0.2, -0.15) is 0 Å². The first kappa shape index (κ1) is 26.4. The maximum absolute atomic E-state index is 11.2. The van der Waals surface area contributed by atoms with Crippen molar-refractivity contribution in [3.05, 3.63) is 0 Å². The van der Waals surface area contributed by atoms with Crippen LogP contribution in [-0.4, -0.2) is 69.5 Å². The van der Waals surface area contributed by atoms with Gasteiger partial charge in [-0.05, 0) is 0 Å². The molecular formula is C10H23N2NaO6S2. The summed E-state index contributed by atoms with van der Waals surface area (Å²) >= 11 is 6.87. The van der Waals surface area contributed by atoms with Crippen molar-refractivity contribution in [3.8, 4) is 0 Å². The standard InChI is InChI=1S/C9H19NO5S.CH3NOS.Na.H/c1-12-7(13-2)5-10(9(11)16)6-8(14-3)15-4;2-1(3)4;;/h7-8H,5-6H2,1-4H3,(H,11,16);(H3,2,3,4);;/q;;+1;-1. The predicted molar refractivity (Wildman–Crippen MR) is 81.2 cm³/mol. The molecule has 0 heterocycles. The molecule has 0 aliphatic carbocycles. The minimum Gasteiger partial charge on any atom is -1.00 e. The SMILES string of the molecule is COC(CN(CC(OC)OC)C(=O)S)OC.NC(=O)S.[H-].[Na+]. The van der Waals surface area contributed by atoms with Crippen LogP contribution >= 0.6 is 25.3 Å². The van der Waals surface area contributed by atoms with E-state index in [1.165, 1.54) is 33.3 Å². The zero-order valence-corrected chi connectivity index (χ0v) is 16.7. The molecule has 0 fully saturated rings. The first-order valence-electron chi connectivity index (χ1n) is 5.39. The molecule has 0 aromatic rings. The molecule has 0 spiro atoms. The minimum atomic E-state index is -0.639. The van der Waals surface area contributed by atoms with E-state index in [4.69, 9.17) is 23.7 Å². The van der Waals surface area contributed by atoms with Gasteiger partial charge in [-0.25, -0.2) is 0 Å². The molecule has 0 rings (SSSR count). The number of rotatable bonds is 8. The molecule has 8 nitrogen and oxygen atoms in total. The Balaban J connectivity index is -0.000000240. The van der Waals surface area contributed by atoms with Crippen LogP contribution < -0.4 is 35.3 Å². The first-order chi connectivity index (χ1) is 9.31. The summed E-state index contributed by atoms with van der Waals surface area (Å²) in [5.74, 6) is 0. The van der Waals surface area contributed by atoms with Gasteiger partial charge < -0.3 is 31.0 Å². The fraction of sp³-hybridized carbons (Fsp3) is 0.800. The van der Waals surface area contributed by atoms with Crippen LogP contribution in [-0.2, 0) is 18.9 Å². The van der Waals surface area contributed by atoms with Gasteiger partial charge in [-0.1, -0.05) is 25.3 Å². The van der Waals surface area contributed by atoms with Crippen molar-refractivity contribution < 1.29 is 59.5 Å². The van der Waals surface area contributed by atoms with Crippen LogP contribution in [0.25, 0.3) is 0 Å². The van der Waals surface area contributed by atoms with Crippen LogP contribution in [0.4, 0.5) is 9.59 Å². The predicted octanol–water partition coefficient (Wildman–Crippen LogP) is -2.31. The second-order valence-corrected chi connectivity index (χ2v) is 4.15. The Labute approximate surface area is 159 Å². The van der Waals surface area contributed by atoms with Crippen molar-refractivity contribution in [2.45, 2.75) is 12.6 Å². The van der Waals surface area contributed by atoms with E-state index in [1.54, 1.807) is 0 Å². The molecule has 0 aromatic heterocycles. The molecule has 2 amide bonds. The van der Waals surface area contributed by atoms with Gasteiger partial charge in [0, 0.05) is 28.4 Å². The van der Waals surface area contributed by atoms with E-state index in [0.717, 1.165) is 0 Å². The molecule has 0 radical (unpaired) electrons. The third-order valence-corrected chi connectivity index (χ3v) is 2.34. The second-order valence-electron chi connectivity index (χ2n) is 3.33. The van der Waals surface area contributed by atoms with Crippen LogP contribution in [0.2, 0.25) is 0 Å². The molecule has 0 atom stereocenters. The van der Waals surface area contributed by atoms with Gasteiger partial charge in [0.1, 0.15) is 0 Å². The zero-order chi connectivity index (χ0) is 16.1. The molecule has 0 aliphatic rings. The van der Waals surface area contributed by atoms with Crippen molar-refractivity contribution in [3.63, 3.8) is 0 Å². The Morgan fingerprint density at radius 3 is 1.38 bits per heavy atom. The Morgan fingerprint density at radius 2 is 1.24 bits per heavy atom. The summed E-state index contributed by atoms with van der Waals surface area (Å²) < 4.78 is 20.0. The number of carbonyl (C=O) groups excluding carboxylic acids is 2. The van der Waals surface area contributed by atoms with E-state index >= 15 is 0 Å². The molecule has 11 heteroatoms. The Hall–Kier alpha value is 0.480. The number of amides is 2.